The molecule has 0 aliphatic carbocycles. The molecule has 0 spiro atoms. The maximum atomic E-state index is 11.3. The van der Waals surface area contributed by atoms with Gasteiger partial charge in [0, 0.05) is 19.2 Å². The fourth-order valence-corrected chi connectivity index (χ4v) is 2.68. The van der Waals surface area contributed by atoms with Crippen LogP contribution in [0.4, 0.5) is 0 Å². The Labute approximate surface area is 135 Å². The van der Waals surface area contributed by atoms with Crippen LogP contribution >= 0.6 is 0 Å². The van der Waals surface area contributed by atoms with Gasteiger partial charge in [-0.2, -0.15) is 0 Å². The second kappa shape index (κ2) is 11.6. The highest BCUT2D eigenvalue weighted by Crippen LogP contribution is 2.10. The van der Waals surface area contributed by atoms with Gasteiger partial charge in [-0.15, -0.1) is 0 Å². The van der Waals surface area contributed by atoms with Crippen molar-refractivity contribution < 1.29 is 9.53 Å². The van der Waals surface area contributed by atoms with E-state index in [0.717, 1.165) is 26.4 Å². The summed E-state index contributed by atoms with van der Waals surface area (Å²) in [6.07, 6.45) is 8.77. The van der Waals surface area contributed by atoms with E-state index in [4.69, 9.17) is 4.74 Å². The van der Waals surface area contributed by atoms with Crippen LogP contribution in [0.25, 0.3) is 0 Å². The van der Waals surface area contributed by atoms with E-state index in [1.165, 1.54) is 44.6 Å². The molecule has 1 unspecified atom stereocenters. The van der Waals surface area contributed by atoms with Gasteiger partial charge in [-0.1, -0.05) is 46.1 Å². The first kappa shape index (κ1) is 19.1. The normalized spacial score (nSPS) is 20.0. The van der Waals surface area contributed by atoms with Crippen molar-refractivity contribution in [3.8, 4) is 0 Å². The number of carbonyl (C=O) groups excluding carboxylic acids is 1. The van der Waals surface area contributed by atoms with Crippen LogP contribution in [0.3, 0.4) is 0 Å². The van der Waals surface area contributed by atoms with Crippen LogP contribution in [0.1, 0.15) is 52.4 Å². The predicted molar refractivity (Wildman–Crippen MR) is 90.3 cm³/mol. The standard InChI is InChI=1S/C17H33N3O2/c1-4-7-9-11-19-14-18-16(13-22-17(21)6-3)20(15-19)12-10-8-5-2/h6,16,18H,3-5,7-15H2,1-2H3. The van der Waals surface area contributed by atoms with Crippen molar-refractivity contribution in [3.63, 3.8) is 0 Å². The third kappa shape index (κ3) is 7.38. The maximum absolute atomic E-state index is 11.3. The number of ether oxygens (including phenoxy) is 1. The highest BCUT2D eigenvalue weighted by molar-refractivity contribution is 5.81. The first-order valence-corrected chi connectivity index (χ1v) is 8.70. The molecule has 0 aromatic rings. The third-order valence-corrected chi connectivity index (χ3v) is 4.05. The third-order valence-electron chi connectivity index (χ3n) is 4.05. The van der Waals surface area contributed by atoms with E-state index in [1.54, 1.807) is 0 Å². The zero-order chi connectivity index (χ0) is 16.2. The van der Waals surface area contributed by atoms with Crippen molar-refractivity contribution in [2.45, 2.75) is 58.5 Å². The van der Waals surface area contributed by atoms with Gasteiger partial charge in [-0.05, 0) is 12.8 Å². The lowest BCUT2D eigenvalue weighted by Crippen LogP contribution is -2.61. The van der Waals surface area contributed by atoms with E-state index >= 15 is 0 Å². The number of hydrogen-bond acceptors (Lipinski definition) is 5. The Balaban J connectivity index is 2.44. The van der Waals surface area contributed by atoms with E-state index in [2.05, 4.69) is 35.5 Å². The average Bonchev–Trinajstić information content (AvgIpc) is 2.54. The van der Waals surface area contributed by atoms with Crippen LogP contribution in [0.15, 0.2) is 12.7 Å². The first-order chi connectivity index (χ1) is 10.7. The maximum Gasteiger partial charge on any atom is 0.330 e. The van der Waals surface area contributed by atoms with E-state index < -0.39 is 0 Å². The summed E-state index contributed by atoms with van der Waals surface area (Å²) in [4.78, 5) is 16.1. The second-order valence-corrected chi connectivity index (χ2v) is 5.97. The summed E-state index contributed by atoms with van der Waals surface area (Å²) >= 11 is 0. The summed E-state index contributed by atoms with van der Waals surface area (Å²) < 4.78 is 5.22. The summed E-state index contributed by atoms with van der Waals surface area (Å²) in [5.41, 5.74) is 0. The number of rotatable bonds is 11. The Hall–Kier alpha value is -0.910. The van der Waals surface area contributed by atoms with Crippen LogP contribution in [0, 0.1) is 0 Å². The van der Waals surface area contributed by atoms with Crippen LogP contribution in [-0.4, -0.2) is 55.0 Å². The lowest BCUT2D eigenvalue weighted by molar-refractivity contribution is -0.141. The van der Waals surface area contributed by atoms with Crippen molar-refractivity contribution in [2.75, 3.05) is 33.0 Å². The van der Waals surface area contributed by atoms with Gasteiger partial charge in [0.15, 0.2) is 0 Å². The van der Waals surface area contributed by atoms with Crippen LogP contribution in [0.2, 0.25) is 0 Å². The molecule has 1 saturated heterocycles. The zero-order valence-corrected chi connectivity index (χ0v) is 14.4. The number of nitrogens with one attached hydrogen (secondary N) is 1. The van der Waals surface area contributed by atoms with Crippen molar-refractivity contribution in [2.24, 2.45) is 0 Å². The van der Waals surface area contributed by atoms with Crippen LogP contribution < -0.4 is 5.32 Å². The summed E-state index contributed by atoms with van der Waals surface area (Å²) in [5.74, 6) is -0.347. The summed E-state index contributed by atoms with van der Waals surface area (Å²) in [7, 11) is 0. The Morgan fingerprint density at radius 2 is 1.91 bits per heavy atom. The number of carbonyl (C=O) groups is 1. The van der Waals surface area contributed by atoms with Gasteiger partial charge in [0.05, 0.1) is 19.5 Å². The van der Waals surface area contributed by atoms with Gasteiger partial charge in [-0.25, -0.2) is 4.79 Å². The quantitative estimate of drug-likeness (QED) is 0.361. The molecule has 0 amide bonds. The lowest BCUT2D eigenvalue weighted by Gasteiger charge is -2.42. The molecule has 128 valence electrons. The van der Waals surface area contributed by atoms with Gasteiger partial charge < -0.3 is 4.74 Å². The topological polar surface area (TPSA) is 44.8 Å². The minimum atomic E-state index is -0.347. The molecule has 22 heavy (non-hydrogen) atoms. The van der Waals surface area contributed by atoms with Gasteiger partial charge in [0.25, 0.3) is 0 Å². The molecule has 1 N–H and O–H groups in total. The molecular formula is C17H33N3O2. The highest BCUT2D eigenvalue weighted by Gasteiger charge is 2.26. The molecule has 5 nitrogen and oxygen atoms in total. The summed E-state index contributed by atoms with van der Waals surface area (Å²) in [5, 5.41) is 3.49. The largest absolute Gasteiger partial charge is 0.459 e. The van der Waals surface area contributed by atoms with Gasteiger partial charge >= 0.3 is 5.97 Å². The predicted octanol–water partition coefficient (Wildman–Crippen LogP) is 2.54. The molecule has 1 aliphatic heterocycles. The second-order valence-electron chi connectivity index (χ2n) is 5.97. The van der Waals surface area contributed by atoms with E-state index in [-0.39, 0.29) is 12.1 Å². The SMILES string of the molecule is C=CC(=O)OCC1NCN(CCCCC)CN1CCCCC. The summed E-state index contributed by atoms with van der Waals surface area (Å²) in [6, 6.07) is 0. The number of esters is 1. The molecule has 0 bridgehead atoms. The minimum absolute atomic E-state index is 0.114. The molecule has 0 aromatic carbocycles. The van der Waals surface area contributed by atoms with Gasteiger partial charge in [0.2, 0.25) is 0 Å². The molecule has 1 atom stereocenters. The van der Waals surface area contributed by atoms with Crippen molar-refractivity contribution >= 4 is 5.97 Å². The Morgan fingerprint density at radius 3 is 2.55 bits per heavy atom. The number of nitrogens with zero attached hydrogens (tertiary/aromatic N) is 2. The van der Waals surface area contributed by atoms with Crippen molar-refractivity contribution in [1.82, 2.24) is 15.1 Å². The monoisotopic (exact) mass is 311 g/mol. The molecule has 0 radical (unpaired) electrons. The summed E-state index contributed by atoms with van der Waals surface area (Å²) in [6.45, 7) is 12.3. The van der Waals surface area contributed by atoms with Gasteiger partial charge in [0.1, 0.15) is 6.61 Å². The molecule has 1 aliphatic rings. The van der Waals surface area contributed by atoms with Crippen LogP contribution in [-0.2, 0) is 9.53 Å². The first-order valence-electron chi connectivity index (χ1n) is 8.70. The smallest absolute Gasteiger partial charge is 0.330 e. The Kier molecular flexibility index (Phi) is 10.1. The van der Waals surface area contributed by atoms with Crippen LogP contribution in [0.5, 0.6) is 0 Å². The number of hydrogen-bond donors (Lipinski definition) is 1. The fourth-order valence-electron chi connectivity index (χ4n) is 2.68. The highest BCUT2D eigenvalue weighted by atomic mass is 16.5. The molecule has 1 fully saturated rings. The number of unbranched alkanes of at least 4 members (excludes halogenated alkanes) is 4. The van der Waals surface area contributed by atoms with E-state index in [9.17, 15) is 4.79 Å². The van der Waals surface area contributed by atoms with E-state index in [1.807, 2.05) is 0 Å². The fraction of sp³-hybridized carbons (Fsp3) is 0.824. The zero-order valence-electron chi connectivity index (χ0n) is 14.4. The molecule has 0 aromatic heterocycles. The lowest BCUT2D eigenvalue weighted by atomic mass is 10.2. The minimum Gasteiger partial charge on any atom is -0.459 e. The molecular weight excluding hydrogens is 278 g/mol. The Morgan fingerprint density at radius 1 is 1.23 bits per heavy atom. The molecule has 0 saturated carbocycles. The van der Waals surface area contributed by atoms with E-state index in [0.29, 0.717) is 6.61 Å². The molecule has 1 heterocycles. The molecule has 1 rings (SSSR count). The van der Waals surface area contributed by atoms with Gasteiger partial charge in [-0.3, -0.25) is 15.1 Å². The molecule has 5 heteroatoms. The van der Waals surface area contributed by atoms with Crippen molar-refractivity contribution in [1.29, 1.82) is 0 Å². The van der Waals surface area contributed by atoms with Crippen molar-refractivity contribution in [3.05, 3.63) is 12.7 Å². The Bertz CT molecular complexity index is 323. The average molecular weight is 311 g/mol.